The number of nitrogens with one attached hydrogen (secondary N) is 2. The topological polar surface area (TPSA) is 93.0 Å². The Morgan fingerprint density at radius 1 is 1.53 bits per heavy atom. The molecule has 0 aliphatic heterocycles. The van der Waals surface area contributed by atoms with Crippen LogP contribution in [0.15, 0.2) is 6.20 Å². The molecule has 0 amide bonds. The SMILES string of the molecule is CCNc1ncc([N+](=O)[O-])c(NC(C)CC)n1. The summed E-state index contributed by atoms with van der Waals surface area (Å²) < 4.78 is 0. The molecule has 7 nitrogen and oxygen atoms in total. The number of rotatable bonds is 6. The van der Waals surface area contributed by atoms with Gasteiger partial charge in [0, 0.05) is 12.6 Å². The number of anilines is 2. The summed E-state index contributed by atoms with van der Waals surface area (Å²) >= 11 is 0. The first-order valence-corrected chi connectivity index (χ1v) is 5.60. The summed E-state index contributed by atoms with van der Waals surface area (Å²) in [5.74, 6) is 0.652. The Kier molecular flexibility index (Phi) is 4.62. The van der Waals surface area contributed by atoms with Gasteiger partial charge < -0.3 is 10.6 Å². The molecule has 0 saturated heterocycles. The lowest BCUT2D eigenvalue weighted by molar-refractivity contribution is -0.384. The Morgan fingerprint density at radius 3 is 2.76 bits per heavy atom. The predicted octanol–water partition coefficient (Wildman–Crippen LogP) is 2.03. The zero-order valence-electron chi connectivity index (χ0n) is 10.2. The average Bonchev–Trinajstić information content (AvgIpc) is 2.29. The first-order valence-electron chi connectivity index (χ1n) is 5.60. The van der Waals surface area contributed by atoms with Crippen molar-refractivity contribution >= 4 is 17.5 Å². The highest BCUT2D eigenvalue weighted by Gasteiger charge is 2.18. The highest BCUT2D eigenvalue weighted by molar-refractivity contribution is 5.57. The van der Waals surface area contributed by atoms with Crippen molar-refractivity contribution in [3.05, 3.63) is 16.3 Å². The van der Waals surface area contributed by atoms with E-state index in [2.05, 4.69) is 20.6 Å². The van der Waals surface area contributed by atoms with Gasteiger partial charge in [0.2, 0.25) is 11.8 Å². The number of hydrogen-bond donors (Lipinski definition) is 2. The summed E-state index contributed by atoms with van der Waals surface area (Å²) in [6.45, 7) is 6.52. The minimum atomic E-state index is -0.486. The van der Waals surface area contributed by atoms with Crippen molar-refractivity contribution in [1.29, 1.82) is 0 Å². The van der Waals surface area contributed by atoms with Crippen LogP contribution in [0, 0.1) is 10.1 Å². The van der Waals surface area contributed by atoms with Gasteiger partial charge in [-0.05, 0) is 20.3 Å². The van der Waals surface area contributed by atoms with Gasteiger partial charge in [-0.3, -0.25) is 10.1 Å². The standard InChI is InChI=1S/C10H17N5O2/c1-4-7(3)13-9-8(15(16)17)6-12-10(14-9)11-5-2/h6-7H,4-5H2,1-3H3,(H2,11,12,13,14). The van der Waals surface area contributed by atoms with Crippen LogP contribution in [-0.2, 0) is 0 Å². The molecule has 0 radical (unpaired) electrons. The van der Waals surface area contributed by atoms with Gasteiger partial charge in [0.15, 0.2) is 0 Å². The minimum Gasteiger partial charge on any atom is -0.362 e. The third kappa shape index (κ3) is 3.54. The monoisotopic (exact) mass is 239 g/mol. The van der Waals surface area contributed by atoms with E-state index in [1.807, 2.05) is 20.8 Å². The fourth-order valence-electron chi connectivity index (χ4n) is 1.19. The minimum absolute atomic E-state index is 0.105. The third-order valence-electron chi connectivity index (χ3n) is 2.30. The second-order valence-corrected chi connectivity index (χ2v) is 3.67. The second-order valence-electron chi connectivity index (χ2n) is 3.67. The zero-order chi connectivity index (χ0) is 12.8. The van der Waals surface area contributed by atoms with E-state index >= 15 is 0 Å². The number of aromatic nitrogens is 2. The summed E-state index contributed by atoms with van der Waals surface area (Å²) in [7, 11) is 0. The molecule has 1 aromatic rings. The molecule has 0 saturated carbocycles. The first-order chi connectivity index (χ1) is 8.08. The molecule has 0 bridgehead atoms. The van der Waals surface area contributed by atoms with Crippen molar-refractivity contribution < 1.29 is 4.92 Å². The van der Waals surface area contributed by atoms with Crippen LogP contribution in [-0.4, -0.2) is 27.5 Å². The molecule has 1 atom stereocenters. The summed E-state index contributed by atoms with van der Waals surface area (Å²) in [6, 6.07) is 0.123. The van der Waals surface area contributed by atoms with E-state index < -0.39 is 4.92 Å². The van der Waals surface area contributed by atoms with Gasteiger partial charge >= 0.3 is 5.69 Å². The Labute approximate surface area is 99.8 Å². The lowest BCUT2D eigenvalue weighted by Crippen LogP contribution is -2.17. The molecular weight excluding hydrogens is 222 g/mol. The van der Waals surface area contributed by atoms with Gasteiger partial charge in [-0.25, -0.2) is 4.98 Å². The maximum Gasteiger partial charge on any atom is 0.329 e. The van der Waals surface area contributed by atoms with Crippen LogP contribution < -0.4 is 10.6 Å². The molecule has 1 unspecified atom stereocenters. The Balaban J connectivity index is 3.02. The van der Waals surface area contributed by atoms with Crippen molar-refractivity contribution in [2.45, 2.75) is 33.2 Å². The van der Waals surface area contributed by atoms with E-state index in [0.717, 1.165) is 6.42 Å². The predicted molar refractivity (Wildman–Crippen MR) is 66.2 cm³/mol. The molecule has 2 N–H and O–H groups in total. The van der Waals surface area contributed by atoms with Crippen LogP contribution in [0.1, 0.15) is 27.2 Å². The van der Waals surface area contributed by atoms with Crippen molar-refractivity contribution in [2.24, 2.45) is 0 Å². The number of nitro groups is 1. The zero-order valence-corrected chi connectivity index (χ0v) is 10.2. The Bertz CT molecular complexity index is 396. The fourth-order valence-corrected chi connectivity index (χ4v) is 1.19. The smallest absolute Gasteiger partial charge is 0.329 e. The molecule has 0 aliphatic rings. The average molecular weight is 239 g/mol. The molecule has 1 heterocycles. The molecule has 17 heavy (non-hydrogen) atoms. The Hall–Kier alpha value is -1.92. The first kappa shape index (κ1) is 13.1. The maximum atomic E-state index is 10.8. The van der Waals surface area contributed by atoms with E-state index in [1.165, 1.54) is 6.20 Å². The molecule has 94 valence electrons. The van der Waals surface area contributed by atoms with Crippen LogP contribution in [0.4, 0.5) is 17.5 Å². The van der Waals surface area contributed by atoms with Crippen molar-refractivity contribution in [3.8, 4) is 0 Å². The fraction of sp³-hybridized carbons (Fsp3) is 0.600. The van der Waals surface area contributed by atoms with Crippen molar-refractivity contribution in [3.63, 3.8) is 0 Å². The largest absolute Gasteiger partial charge is 0.362 e. The van der Waals surface area contributed by atoms with Crippen LogP contribution >= 0.6 is 0 Å². The van der Waals surface area contributed by atoms with Gasteiger partial charge in [0.05, 0.1) is 4.92 Å². The lowest BCUT2D eigenvalue weighted by atomic mass is 10.2. The van der Waals surface area contributed by atoms with Crippen molar-refractivity contribution in [2.75, 3.05) is 17.2 Å². The molecular formula is C10H17N5O2. The second kappa shape index (κ2) is 5.97. The van der Waals surface area contributed by atoms with Gasteiger partial charge in [-0.15, -0.1) is 0 Å². The van der Waals surface area contributed by atoms with Gasteiger partial charge in [0.1, 0.15) is 6.20 Å². The molecule has 0 aliphatic carbocycles. The van der Waals surface area contributed by atoms with Gasteiger partial charge in [-0.1, -0.05) is 6.92 Å². The summed E-state index contributed by atoms with van der Waals surface area (Å²) in [5.41, 5.74) is -0.105. The lowest BCUT2D eigenvalue weighted by Gasteiger charge is -2.12. The summed E-state index contributed by atoms with van der Waals surface area (Å²) in [5, 5.41) is 16.8. The molecule has 1 rings (SSSR count). The summed E-state index contributed by atoms with van der Waals surface area (Å²) in [4.78, 5) is 18.3. The van der Waals surface area contributed by atoms with Crippen LogP contribution in [0.3, 0.4) is 0 Å². The Morgan fingerprint density at radius 2 is 2.24 bits per heavy atom. The van der Waals surface area contributed by atoms with Crippen LogP contribution in [0.25, 0.3) is 0 Å². The van der Waals surface area contributed by atoms with Gasteiger partial charge in [0.25, 0.3) is 0 Å². The summed E-state index contributed by atoms with van der Waals surface area (Å²) in [6.07, 6.45) is 2.08. The number of hydrogen-bond acceptors (Lipinski definition) is 6. The molecule has 0 spiro atoms. The van der Waals surface area contributed by atoms with Crippen LogP contribution in [0.2, 0.25) is 0 Å². The quantitative estimate of drug-likeness (QED) is 0.582. The highest BCUT2D eigenvalue weighted by Crippen LogP contribution is 2.22. The number of nitrogens with zero attached hydrogens (tertiary/aromatic N) is 3. The van der Waals surface area contributed by atoms with Gasteiger partial charge in [-0.2, -0.15) is 4.98 Å². The third-order valence-corrected chi connectivity index (χ3v) is 2.30. The highest BCUT2D eigenvalue weighted by atomic mass is 16.6. The normalized spacial score (nSPS) is 11.9. The van der Waals surface area contributed by atoms with E-state index in [4.69, 9.17) is 0 Å². The molecule has 7 heteroatoms. The maximum absolute atomic E-state index is 10.8. The van der Waals surface area contributed by atoms with Crippen LogP contribution in [0.5, 0.6) is 0 Å². The van der Waals surface area contributed by atoms with E-state index in [9.17, 15) is 10.1 Å². The molecule has 1 aromatic heterocycles. The molecule has 0 aromatic carbocycles. The van der Waals surface area contributed by atoms with E-state index in [-0.39, 0.29) is 17.5 Å². The van der Waals surface area contributed by atoms with E-state index in [0.29, 0.717) is 12.5 Å². The van der Waals surface area contributed by atoms with Crippen molar-refractivity contribution in [1.82, 2.24) is 9.97 Å². The molecule has 0 fully saturated rings. The van der Waals surface area contributed by atoms with E-state index in [1.54, 1.807) is 0 Å².